The van der Waals surface area contributed by atoms with E-state index in [2.05, 4.69) is 0 Å². The van der Waals surface area contributed by atoms with Crippen LogP contribution in [0.15, 0.2) is 10.5 Å². The van der Waals surface area contributed by atoms with Crippen LogP contribution in [0, 0.1) is 0 Å². The number of aryl methyl sites for hydroxylation is 2. The number of hydrogen-bond donors (Lipinski definition) is 1. The van der Waals surface area contributed by atoms with Gasteiger partial charge in [0.25, 0.3) is 5.91 Å². The lowest BCUT2D eigenvalue weighted by Crippen LogP contribution is -2.36. The molecule has 0 aromatic carbocycles. The lowest BCUT2D eigenvalue weighted by Gasteiger charge is -2.22. The van der Waals surface area contributed by atoms with Crippen LogP contribution in [0.3, 0.4) is 0 Å². The van der Waals surface area contributed by atoms with E-state index in [0.29, 0.717) is 12.3 Å². The second-order valence-corrected chi connectivity index (χ2v) is 5.16. The van der Waals surface area contributed by atoms with E-state index < -0.39 is 5.97 Å². The zero-order valence-corrected chi connectivity index (χ0v) is 12.0. The van der Waals surface area contributed by atoms with E-state index in [4.69, 9.17) is 9.52 Å². The molecule has 0 aliphatic carbocycles. The third-order valence-corrected chi connectivity index (χ3v) is 3.86. The number of hydrogen-bond acceptors (Lipinski definition) is 3. The molecule has 1 fully saturated rings. The Kier molecular flexibility index (Phi) is 4.47. The van der Waals surface area contributed by atoms with Gasteiger partial charge in [0.1, 0.15) is 5.76 Å². The summed E-state index contributed by atoms with van der Waals surface area (Å²) in [6, 6.07) is 1.59. The van der Waals surface area contributed by atoms with Crippen molar-refractivity contribution in [1.82, 2.24) is 4.90 Å². The number of likely N-dealkylation sites (tertiary alicyclic amines) is 1. The fraction of sp³-hybridized carbons (Fsp3) is 0.600. The van der Waals surface area contributed by atoms with Gasteiger partial charge in [0.2, 0.25) is 0 Å². The van der Waals surface area contributed by atoms with Crippen LogP contribution < -0.4 is 0 Å². The maximum atomic E-state index is 12.5. The van der Waals surface area contributed by atoms with Crippen molar-refractivity contribution in [1.29, 1.82) is 0 Å². The van der Waals surface area contributed by atoms with Gasteiger partial charge in [0.05, 0.1) is 6.42 Å². The molecule has 2 rings (SSSR count). The number of aliphatic carboxylic acids is 1. The van der Waals surface area contributed by atoms with Crippen molar-refractivity contribution in [2.45, 2.75) is 52.0 Å². The van der Waals surface area contributed by atoms with Crippen LogP contribution >= 0.6 is 0 Å². The fourth-order valence-electron chi connectivity index (χ4n) is 2.83. The van der Waals surface area contributed by atoms with E-state index in [1.54, 1.807) is 11.0 Å². The summed E-state index contributed by atoms with van der Waals surface area (Å²) >= 11 is 0. The first-order valence-electron chi connectivity index (χ1n) is 7.21. The molecule has 0 spiro atoms. The lowest BCUT2D eigenvalue weighted by molar-refractivity contribution is -0.137. The first-order valence-corrected chi connectivity index (χ1v) is 7.21. The van der Waals surface area contributed by atoms with E-state index >= 15 is 0 Å². The number of furan rings is 1. The van der Waals surface area contributed by atoms with Crippen LogP contribution in [0.2, 0.25) is 0 Å². The normalized spacial score (nSPS) is 18.5. The zero-order valence-electron chi connectivity index (χ0n) is 12.0. The Morgan fingerprint density at radius 1 is 1.40 bits per heavy atom. The largest absolute Gasteiger partial charge is 0.481 e. The first kappa shape index (κ1) is 14.6. The van der Waals surface area contributed by atoms with Gasteiger partial charge in [-0.25, -0.2) is 0 Å². The summed E-state index contributed by atoms with van der Waals surface area (Å²) in [6.07, 6.45) is 3.20. The Morgan fingerprint density at radius 2 is 2.15 bits per heavy atom. The molecule has 1 amide bonds. The maximum Gasteiger partial charge on any atom is 0.305 e. The molecule has 1 saturated heterocycles. The third-order valence-electron chi connectivity index (χ3n) is 3.86. The summed E-state index contributed by atoms with van der Waals surface area (Å²) in [5, 5.41) is 8.91. The van der Waals surface area contributed by atoms with Gasteiger partial charge in [0, 0.05) is 19.0 Å². The van der Waals surface area contributed by atoms with Crippen LogP contribution in [0.5, 0.6) is 0 Å². The number of nitrogens with zero attached hydrogens (tertiary/aromatic N) is 1. The minimum atomic E-state index is -0.863. The van der Waals surface area contributed by atoms with Crippen molar-refractivity contribution in [3.8, 4) is 0 Å². The number of amides is 1. The minimum absolute atomic E-state index is 0.00766. The minimum Gasteiger partial charge on any atom is -0.481 e. The lowest BCUT2D eigenvalue weighted by atomic mass is 10.1. The highest BCUT2D eigenvalue weighted by Crippen LogP contribution is 2.25. The molecule has 1 unspecified atom stereocenters. The van der Waals surface area contributed by atoms with E-state index in [9.17, 15) is 9.59 Å². The van der Waals surface area contributed by atoms with Crippen molar-refractivity contribution < 1.29 is 19.1 Å². The molecule has 1 aliphatic rings. The quantitative estimate of drug-likeness (QED) is 0.899. The third kappa shape index (κ3) is 2.86. The van der Waals surface area contributed by atoms with Crippen LogP contribution in [0.4, 0.5) is 0 Å². The molecule has 110 valence electrons. The Morgan fingerprint density at radius 3 is 2.70 bits per heavy atom. The molecule has 5 nitrogen and oxygen atoms in total. The molecular formula is C15H21NO4. The van der Waals surface area contributed by atoms with E-state index in [1.807, 2.05) is 13.8 Å². The Labute approximate surface area is 118 Å². The van der Waals surface area contributed by atoms with Crippen molar-refractivity contribution in [2.24, 2.45) is 0 Å². The SMILES string of the molecule is CCc1cc(C(=O)N2CCCC2CC(=O)O)oc1CC. The Hall–Kier alpha value is -1.78. The van der Waals surface area contributed by atoms with E-state index in [1.165, 1.54) is 0 Å². The smallest absolute Gasteiger partial charge is 0.305 e. The summed E-state index contributed by atoms with van der Waals surface area (Å²) in [6.45, 7) is 4.64. The molecule has 5 heteroatoms. The van der Waals surface area contributed by atoms with Gasteiger partial charge in [0.15, 0.2) is 5.76 Å². The van der Waals surface area contributed by atoms with Gasteiger partial charge in [-0.15, -0.1) is 0 Å². The summed E-state index contributed by atoms with van der Waals surface area (Å²) in [4.78, 5) is 25.0. The molecule has 1 aromatic rings. The molecule has 2 heterocycles. The Bertz CT molecular complexity index is 484. The molecule has 0 saturated carbocycles. The van der Waals surface area contributed by atoms with Gasteiger partial charge >= 0.3 is 5.97 Å². The molecule has 1 atom stereocenters. The average molecular weight is 279 g/mol. The highest BCUT2D eigenvalue weighted by Gasteiger charge is 2.32. The molecular weight excluding hydrogens is 258 g/mol. The number of rotatable bonds is 5. The monoisotopic (exact) mass is 279 g/mol. The maximum absolute atomic E-state index is 12.5. The highest BCUT2D eigenvalue weighted by molar-refractivity contribution is 5.92. The van der Waals surface area contributed by atoms with Crippen molar-refractivity contribution in [2.75, 3.05) is 6.54 Å². The van der Waals surface area contributed by atoms with Gasteiger partial charge in [-0.05, 0) is 30.9 Å². The summed E-state index contributed by atoms with van der Waals surface area (Å²) in [7, 11) is 0. The predicted octanol–water partition coefficient (Wildman–Crippen LogP) is 2.48. The number of carbonyl (C=O) groups is 2. The van der Waals surface area contributed by atoms with Crippen molar-refractivity contribution >= 4 is 11.9 Å². The second-order valence-electron chi connectivity index (χ2n) is 5.16. The topological polar surface area (TPSA) is 70.8 Å². The molecule has 20 heavy (non-hydrogen) atoms. The number of carbonyl (C=O) groups excluding carboxylic acids is 1. The second kappa shape index (κ2) is 6.11. The number of carboxylic acids is 1. The molecule has 1 aliphatic heterocycles. The molecule has 0 bridgehead atoms. The summed E-state index contributed by atoms with van der Waals surface area (Å²) in [5.41, 5.74) is 1.06. The molecule has 0 radical (unpaired) electrons. The van der Waals surface area contributed by atoms with Crippen LogP contribution in [-0.4, -0.2) is 34.5 Å². The molecule has 1 N–H and O–H groups in total. The van der Waals surface area contributed by atoms with Gasteiger partial charge in [-0.2, -0.15) is 0 Å². The fourth-order valence-corrected chi connectivity index (χ4v) is 2.83. The van der Waals surface area contributed by atoms with E-state index in [-0.39, 0.29) is 18.4 Å². The van der Waals surface area contributed by atoms with Gasteiger partial charge in [-0.3, -0.25) is 9.59 Å². The summed E-state index contributed by atoms with van der Waals surface area (Å²) < 4.78 is 5.64. The standard InChI is InChI=1S/C15H21NO4/c1-3-10-8-13(20-12(10)4-2)15(19)16-7-5-6-11(16)9-14(17)18/h8,11H,3-7,9H2,1-2H3,(H,17,18). The number of carboxylic acid groups (broad SMARTS) is 1. The highest BCUT2D eigenvalue weighted by atomic mass is 16.4. The predicted molar refractivity (Wildman–Crippen MR) is 73.8 cm³/mol. The first-order chi connectivity index (χ1) is 9.56. The Balaban J connectivity index is 2.17. The van der Waals surface area contributed by atoms with Gasteiger partial charge < -0.3 is 14.4 Å². The molecule has 1 aromatic heterocycles. The van der Waals surface area contributed by atoms with Crippen molar-refractivity contribution in [3.05, 3.63) is 23.2 Å². The van der Waals surface area contributed by atoms with Gasteiger partial charge in [-0.1, -0.05) is 13.8 Å². The van der Waals surface area contributed by atoms with Crippen LogP contribution in [0.1, 0.15) is 55.0 Å². The van der Waals surface area contributed by atoms with E-state index in [0.717, 1.165) is 37.0 Å². The van der Waals surface area contributed by atoms with Crippen LogP contribution in [-0.2, 0) is 17.6 Å². The average Bonchev–Trinajstić information content (AvgIpc) is 3.03. The summed E-state index contributed by atoms with van der Waals surface area (Å²) in [5.74, 6) is 0.154. The zero-order chi connectivity index (χ0) is 14.7. The van der Waals surface area contributed by atoms with Crippen LogP contribution in [0.25, 0.3) is 0 Å². The van der Waals surface area contributed by atoms with Crippen molar-refractivity contribution in [3.63, 3.8) is 0 Å².